The first-order valence-corrected chi connectivity index (χ1v) is 15.4. The minimum Gasteiger partial charge on any atom is -0.478 e. The van der Waals surface area contributed by atoms with Crippen molar-refractivity contribution in [3.63, 3.8) is 0 Å². The number of rotatable bonds is 18. The van der Waals surface area contributed by atoms with E-state index in [1.807, 2.05) is 0 Å². The lowest BCUT2D eigenvalue weighted by Gasteiger charge is -2.24. The lowest BCUT2D eigenvalue weighted by Crippen LogP contribution is -2.43. The Morgan fingerprint density at radius 2 is 0.895 bits per heavy atom. The minimum absolute atomic E-state index is 0.114. The molecule has 1 aromatic carbocycles. The summed E-state index contributed by atoms with van der Waals surface area (Å²) < 4.78 is 31.9. The molecule has 0 spiro atoms. The lowest BCUT2D eigenvalue weighted by molar-refractivity contribution is 0.0675. The molecule has 214 valence electrons. The first kappa shape index (κ1) is 33.3. The molecule has 0 bridgehead atoms. The number of hydrogen-bond donors (Lipinski definition) is 4. The van der Waals surface area contributed by atoms with Gasteiger partial charge in [0.2, 0.25) is 0 Å². The van der Waals surface area contributed by atoms with E-state index in [1.165, 1.54) is 42.7 Å². The first-order valence-electron chi connectivity index (χ1n) is 11.5. The van der Waals surface area contributed by atoms with Crippen LogP contribution in [0.4, 0.5) is 0 Å². The number of amides is 2. The molecule has 1 rings (SSSR count). The van der Waals surface area contributed by atoms with Crippen LogP contribution in [0, 0.1) is 0 Å². The number of benzene rings is 1. The fourth-order valence-electron chi connectivity index (χ4n) is 3.65. The van der Waals surface area contributed by atoms with Gasteiger partial charge in [0.05, 0.1) is 22.3 Å². The van der Waals surface area contributed by atoms with Gasteiger partial charge < -0.3 is 47.4 Å². The van der Waals surface area contributed by atoms with Gasteiger partial charge in [-0.1, -0.05) is 0 Å². The number of carboxylic acid groups (broad SMARTS) is 2. The lowest BCUT2D eigenvalue weighted by atomic mass is 9.97. The maximum Gasteiger partial charge on any atom is 0.500 e. The molecule has 4 N–H and O–H groups in total. The SMILES string of the molecule is CO[Si](CCCNC(=O)c1cc(C(=O)O)c(C(=O)NCCC[Si](OC)(OC)OC)cc1C(=O)O)(OC)OC. The van der Waals surface area contributed by atoms with Gasteiger partial charge in [0, 0.05) is 67.8 Å². The second-order valence-electron chi connectivity index (χ2n) is 7.86. The van der Waals surface area contributed by atoms with Crippen molar-refractivity contribution in [3.8, 4) is 0 Å². The summed E-state index contributed by atoms with van der Waals surface area (Å²) in [5.74, 6) is -4.61. The standard InChI is InChI=1S/C22H36N2O12Si2/c1-31-37(32-2,33-3)11-7-9-23-19(25)15-13-18(22(29)30)16(14-17(15)21(27)28)20(26)24-10-8-12-38(34-4,35-5)36-6/h13-14H,7-12H2,1-6H3,(H,23,25)(H,24,26)(H,27,28)(H,29,30). The molecule has 0 aliphatic heterocycles. The molecule has 0 atom stereocenters. The van der Waals surface area contributed by atoms with Gasteiger partial charge >= 0.3 is 29.5 Å². The highest BCUT2D eigenvalue weighted by atomic mass is 28.4. The molecule has 1 aromatic rings. The zero-order valence-corrected chi connectivity index (χ0v) is 24.4. The molecule has 0 saturated carbocycles. The summed E-state index contributed by atoms with van der Waals surface area (Å²) in [6, 6.07) is 2.52. The third kappa shape index (κ3) is 8.67. The molecule has 0 aromatic heterocycles. The zero-order valence-electron chi connectivity index (χ0n) is 22.4. The van der Waals surface area contributed by atoms with Crippen LogP contribution in [0.3, 0.4) is 0 Å². The summed E-state index contributed by atoms with van der Waals surface area (Å²) in [6.45, 7) is 0.227. The Hall–Kier alpha value is -2.71. The maximum absolute atomic E-state index is 12.8. The molecule has 0 unspecified atom stereocenters. The summed E-state index contributed by atoms with van der Waals surface area (Å²) in [6.07, 6.45) is 0.781. The van der Waals surface area contributed by atoms with Gasteiger partial charge in [0.15, 0.2) is 0 Å². The summed E-state index contributed by atoms with van der Waals surface area (Å²) in [4.78, 5) is 49.3. The minimum atomic E-state index is -2.86. The van der Waals surface area contributed by atoms with Crippen LogP contribution in [0.25, 0.3) is 0 Å². The summed E-state index contributed by atoms with van der Waals surface area (Å²) in [5.41, 5.74) is -1.82. The number of aromatic carboxylic acids is 2. The molecule has 0 aliphatic carbocycles. The number of carbonyl (C=O) groups is 4. The van der Waals surface area contributed by atoms with Crippen molar-refractivity contribution in [1.29, 1.82) is 0 Å². The Morgan fingerprint density at radius 3 is 1.13 bits per heavy atom. The Kier molecular flexibility index (Phi) is 13.7. The molecule has 0 radical (unpaired) electrons. The third-order valence-corrected chi connectivity index (χ3v) is 11.5. The molecule has 14 nitrogen and oxygen atoms in total. The van der Waals surface area contributed by atoms with Crippen molar-refractivity contribution >= 4 is 41.4 Å². The second-order valence-corrected chi connectivity index (χ2v) is 14.0. The van der Waals surface area contributed by atoms with Crippen LogP contribution in [0.5, 0.6) is 0 Å². The average molecular weight is 577 g/mol. The molecule has 0 aliphatic rings. The predicted octanol–water partition coefficient (Wildman–Crippen LogP) is 1.08. The largest absolute Gasteiger partial charge is 0.500 e. The molecule has 16 heteroatoms. The van der Waals surface area contributed by atoms with E-state index >= 15 is 0 Å². The van der Waals surface area contributed by atoms with Crippen molar-refractivity contribution in [3.05, 3.63) is 34.4 Å². The van der Waals surface area contributed by atoms with E-state index < -0.39 is 63.6 Å². The molecule has 38 heavy (non-hydrogen) atoms. The summed E-state index contributed by atoms with van der Waals surface area (Å²) >= 11 is 0. The van der Waals surface area contributed by atoms with Gasteiger partial charge in [-0.3, -0.25) is 9.59 Å². The van der Waals surface area contributed by atoms with E-state index in [4.69, 9.17) is 26.6 Å². The molecule has 0 heterocycles. The second kappa shape index (κ2) is 15.6. The van der Waals surface area contributed by atoms with Gasteiger partial charge in [-0.25, -0.2) is 9.59 Å². The molecule has 2 amide bonds. The normalized spacial score (nSPS) is 11.7. The quantitative estimate of drug-likeness (QED) is 0.144. The van der Waals surface area contributed by atoms with Crippen LogP contribution in [0.1, 0.15) is 54.3 Å². The van der Waals surface area contributed by atoms with E-state index in [0.717, 1.165) is 12.1 Å². The Balaban J connectivity index is 3.04. The van der Waals surface area contributed by atoms with Crippen molar-refractivity contribution in [2.24, 2.45) is 0 Å². The maximum atomic E-state index is 12.8. The van der Waals surface area contributed by atoms with Gasteiger partial charge in [-0.2, -0.15) is 0 Å². The van der Waals surface area contributed by atoms with E-state index in [-0.39, 0.29) is 13.1 Å². The summed E-state index contributed by atoms with van der Waals surface area (Å²) in [7, 11) is 3.01. The van der Waals surface area contributed by atoms with Gasteiger partial charge in [0.25, 0.3) is 11.8 Å². The monoisotopic (exact) mass is 576 g/mol. The number of carboxylic acids is 2. The van der Waals surface area contributed by atoms with Crippen LogP contribution < -0.4 is 10.6 Å². The average Bonchev–Trinajstić information content (AvgIpc) is 2.92. The van der Waals surface area contributed by atoms with E-state index in [9.17, 15) is 29.4 Å². The Bertz CT molecular complexity index is 889. The van der Waals surface area contributed by atoms with E-state index in [0.29, 0.717) is 24.9 Å². The van der Waals surface area contributed by atoms with Gasteiger partial charge in [-0.05, 0) is 25.0 Å². The fourth-order valence-corrected chi connectivity index (χ4v) is 7.09. The van der Waals surface area contributed by atoms with E-state index in [2.05, 4.69) is 10.6 Å². The topological polar surface area (TPSA) is 188 Å². The highest BCUT2D eigenvalue weighted by molar-refractivity contribution is 6.60. The molecular formula is C22H36N2O12Si2. The van der Waals surface area contributed by atoms with Crippen LogP contribution in [-0.2, 0) is 26.6 Å². The Labute approximate surface area is 223 Å². The summed E-state index contributed by atoms with van der Waals surface area (Å²) in [5, 5.41) is 24.4. The highest BCUT2D eigenvalue weighted by Gasteiger charge is 2.38. The zero-order chi connectivity index (χ0) is 28.9. The third-order valence-electron chi connectivity index (χ3n) is 5.86. The fraction of sp³-hybridized carbons (Fsp3) is 0.545. The number of carbonyl (C=O) groups excluding carboxylic acids is 2. The molecular weight excluding hydrogens is 540 g/mol. The number of hydrogen-bond acceptors (Lipinski definition) is 10. The first-order chi connectivity index (χ1) is 18.0. The van der Waals surface area contributed by atoms with Crippen molar-refractivity contribution in [1.82, 2.24) is 10.6 Å². The van der Waals surface area contributed by atoms with Crippen molar-refractivity contribution < 1.29 is 55.9 Å². The van der Waals surface area contributed by atoms with Crippen LogP contribution in [0.15, 0.2) is 12.1 Å². The predicted molar refractivity (Wildman–Crippen MR) is 137 cm³/mol. The Morgan fingerprint density at radius 1 is 0.605 bits per heavy atom. The van der Waals surface area contributed by atoms with Crippen LogP contribution in [-0.4, -0.2) is 107 Å². The van der Waals surface area contributed by atoms with Crippen molar-refractivity contribution in [2.45, 2.75) is 24.9 Å². The van der Waals surface area contributed by atoms with Gasteiger partial charge in [0.1, 0.15) is 0 Å². The number of nitrogens with one attached hydrogen (secondary N) is 2. The van der Waals surface area contributed by atoms with Crippen molar-refractivity contribution in [2.75, 3.05) is 55.7 Å². The van der Waals surface area contributed by atoms with Crippen LogP contribution >= 0.6 is 0 Å². The van der Waals surface area contributed by atoms with E-state index in [1.54, 1.807) is 0 Å². The molecule has 0 saturated heterocycles. The van der Waals surface area contributed by atoms with Crippen LogP contribution in [0.2, 0.25) is 12.1 Å². The highest BCUT2D eigenvalue weighted by Crippen LogP contribution is 2.20. The smallest absolute Gasteiger partial charge is 0.478 e. The molecule has 0 fully saturated rings. The van der Waals surface area contributed by atoms with Gasteiger partial charge in [-0.15, -0.1) is 0 Å².